The van der Waals surface area contributed by atoms with Crippen LogP contribution in [-0.4, -0.2) is 21.7 Å². The van der Waals surface area contributed by atoms with Crippen molar-refractivity contribution >= 4 is 0 Å². The number of nitrogens with zero attached hydrogens (tertiary/aromatic N) is 1. The number of hydrogen-bond acceptors (Lipinski definition) is 4. The summed E-state index contributed by atoms with van der Waals surface area (Å²) in [6.45, 7) is 8.06. The Hall–Kier alpha value is -0.870. The molecule has 1 atom stereocenters. The summed E-state index contributed by atoms with van der Waals surface area (Å²) in [5, 5.41) is 12.9. The van der Waals surface area contributed by atoms with Gasteiger partial charge in [0.1, 0.15) is 5.76 Å². The Bertz CT molecular complexity index is 302. The topological polar surface area (TPSA) is 58.3 Å². The van der Waals surface area contributed by atoms with E-state index in [9.17, 15) is 5.11 Å². The smallest absolute Gasteiger partial charge is 0.208 e. The van der Waals surface area contributed by atoms with E-state index in [1.165, 1.54) is 0 Å². The van der Waals surface area contributed by atoms with Crippen LogP contribution in [0.5, 0.6) is 0 Å². The molecule has 0 aliphatic carbocycles. The van der Waals surface area contributed by atoms with Crippen LogP contribution in [0.1, 0.15) is 39.3 Å². The average molecular weight is 212 g/mol. The fraction of sp³-hybridized carbons (Fsp3) is 0.727. The molecule has 1 rings (SSSR count). The minimum atomic E-state index is -0.736. The van der Waals surface area contributed by atoms with Gasteiger partial charge in [-0.05, 0) is 20.8 Å². The van der Waals surface area contributed by atoms with Gasteiger partial charge in [0.2, 0.25) is 5.89 Å². The lowest BCUT2D eigenvalue weighted by molar-refractivity contribution is 0.0429. The van der Waals surface area contributed by atoms with Gasteiger partial charge in [-0.15, -0.1) is 0 Å². The van der Waals surface area contributed by atoms with Gasteiger partial charge in [-0.2, -0.15) is 0 Å². The summed E-state index contributed by atoms with van der Waals surface area (Å²) in [4.78, 5) is 4.13. The molecule has 0 spiro atoms. The van der Waals surface area contributed by atoms with Crippen LogP contribution in [0.2, 0.25) is 0 Å². The summed E-state index contributed by atoms with van der Waals surface area (Å²) in [6.07, 6.45) is 2.60. The molecule has 1 aromatic rings. The molecule has 0 fully saturated rings. The lowest BCUT2D eigenvalue weighted by Crippen LogP contribution is -2.44. The van der Waals surface area contributed by atoms with Gasteiger partial charge in [-0.1, -0.05) is 6.92 Å². The minimum Gasteiger partial charge on any atom is -0.444 e. The SMILES string of the molecule is CCc1cnc(CNC(C)C(C)(C)O)o1. The summed E-state index contributed by atoms with van der Waals surface area (Å²) in [7, 11) is 0. The maximum Gasteiger partial charge on any atom is 0.208 e. The van der Waals surface area contributed by atoms with Crippen LogP contribution in [-0.2, 0) is 13.0 Å². The molecule has 86 valence electrons. The number of aryl methyl sites for hydroxylation is 1. The number of rotatable bonds is 5. The normalized spacial score (nSPS) is 14.2. The zero-order valence-corrected chi connectivity index (χ0v) is 9.87. The number of nitrogens with one attached hydrogen (secondary N) is 1. The summed E-state index contributed by atoms with van der Waals surface area (Å²) in [6, 6.07) is -0.00511. The fourth-order valence-corrected chi connectivity index (χ4v) is 1.08. The zero-order valence-electron chi connectivity index (χ0n) is 9.87. The molecule has 1 unspecified atom stereocenters. The molecule has 0 aromatic carbocycles. The Kier molecular flexibility index (Phi) is 3.88. The Balaban J connectivity index is 2.43. The van der Waals surface area contributed by atoms with Gasteiger partial charge in [0.25, 0.3) is 0 Å². The quantitative estimate of drug-likeness (QED) is 0.776. The standard InChI is InChI=1S/C11H20N2O2/c1-5-9-6-13-10(15-9)7-12-8(2)11(3,4)14/h6,8,12,14H,5,7H2,1-4H3. The third-order valence-electron chi connectivity index (χ3n) is 2.57. The number of oxazole rings is 1. The molecule has 1 aromatic heterocycles. The predicted octanol–water partition coefficient (Wildman–Crippen LogP) is 1.49. The van der Waals surface area contributed by atoms with Crippen LogP contribution in [0.15, 0.2) is 10.6 Å². The Morgan fingerprint density at radius 2 is 2.27 bits per heavy atom. The molecule has 0 amide bonds. The van der Waals surface area contributed by atoms with Crippen molar-refractivity contribution in [2.45, 2.75) is 52.3 Å². The van der Waals surface area contributed by atoms with Crippen molar-refractivity contribution in [1.29, 1.82) is 0 Å². The second-order valence-corrected chi connectivity index (χ2v) is 4.33. The van der Waals surface area contributed by atoms with Crippen molar-refractivity contribution in [1.82, 2.24) is 10.3 Å². The van der Waals surface area contributed by atoms with Gasteiger partial charge < -0.3 is 14.8 Å². The predicted molar refractivity (Wildman–Crippen MR) is 58.5 cm³/mol. The van der Waals surface area contributed by atoms with Gasteiger partial charge >= 0.3 is 0 Å². The maximum absolute atomic E-state index is 9.70. The van der Waals surface area contributed by atoms with Gasteiger partial charge in [-0.3, -0.25) is 0 Å². The van der Waals surface area contributed by atoms with Gasteiger partial charge in [-0.25, -0.2) is 4.98 Å². The largest absolute Gasteiger partial charge is 0.444 e. The fourth-order valence-electron chi connectivity index (χ4n) is 1.08. The van der Waals surface area contributed by atoms with Crippen LogP contribution in [0, 0.1) is 0 Å². The lowest BCUT2D eigenvalue weighted by Gasteiger charge is -2.26. The lowest BCUT2D eigenvalue weighted by atomic mass is 10.0. The molecule has 4 heteroatoms. The van der Waals surface area contributed by atoms with Gasteiger partial charge in [0.15, 0.2) is 0 Å². The molecule has 0 saturated heterocycles. The first-order valence-corrected chi connectivity index (χ1v) is 5.32. The first-order valence-electron chi connectivity index (χ1n) is 5.32. The highest BCUT2D eigenvalue weighted by Crippen LogP contribution is 2.09. The molecule has 0 bridgehead atoms. The molecule has 2 N–H and O–H groups in total. The average Bonchev–Trinajstić information content (AvgIpc) is 2.60. The molecule has 0 saturated carbocycles. The third-order valence-corrected chi connectivity index (χ3v) is 2.57. The van der Waals surface area contributed by atoms with E-state index in [1.807, 2.05) is 13.8 Å². The highest BCUT2D eigenvalue weighted by molar-refractivity contribution is 4.94. The van der Waals surface area contributed by atoms with E-state index in [0.29, 0.717) is 12.4 Å². The first-order chi connectivity index (χ1) is 6.93. The molecular formula is C11H20N2O2. The van der Waals surface area contributed by atoms with Crippen LogP contribution in [0.4, 0.5) is 0 Å². The molecule has 1 heterocycles. The summed E-state index contributed by atoms with van der Waals surface area (Å²) >= 11 is 0. The first kappa shape index (κ1) is 12.2. The molecule has 0 aliphatic heterocycles. The van der Waals surface area contributed by atoms with E-state index in [1.54, 1.807) is 20.0 Å². The second-order valence-electron chi connectivity index (χ2n) is 4.33. The van der Waals surface area contributed by atoms with E-state index in [4.69, 9.17) is 4.42 Å². The number of hydrogen-bond donors (Lipinski definition) is 2. The van der Waals surface area contributed by atoms with E-state index in [-0.39, 0.29) is 6.04 Å². The molecular weight excluding hydrogens is 192 g/mol. The van der Waals surface area contributed by atoms with Crippen molar-refractivity contribution in [3.63, 3.8) is 0 Å². The summed E-state index contributed by atoms with van der Waals surface area (Å²) < 4.78 is 5.44. The molecule has 15 heavy (non-hydrogen) atoms. The second kappa shape index (κ2) is 4.77. The number of aliphatic hydroxyl groups is 1. The van der Waals surface area contributed by atoms with Crippen LogP contribution in [0.25, 0.3) is 0 Å². The maximum atomic E-state index is 9.70. The molecule has 0 aliphatic rings. The van der Waals surface area contributed by atoms with Gasteiger partial charge in [0, 0.05) is 12.5 Å². The highest BCUT2D eigenvalue weighted by Gasteiger charge is 2.21. The monoisotopic (exact) mass is 212 g/mol. The van der Waals surface area contributed by atoms with Crippen LogP contribution in [0.3, 0.4) is 0 Å². The van der Waals surface area contributed by atoms with E-state index in [0.717, 1.165) is 12.2 Å². The highest BCUT2D eigenvalue weighted by atomic mass is 16.4. The number of aromatic nitrogens is 1. The zero-order chi connectivity index (χ0) is 11.5. The van der Waals surface area contributed by atoms with E-state index >= 15 is 0 Å². The summed E-state index contributed by atoms with van der Waals surface area (Å²) in [5.74, 6) is 1.56. The third kappa shape index (κ3) is 3.64. The van der Waals surface area contributed by atoms with E-state index in [2.05, 4.69) is 10.3 Å². The van der Waals surface area contributed by atoms with Crippen molar-refractivity contribution in [3.8, 4) is 0 Å². The Morgan fingerprint density at radius 3 is 2.73 bits per heavy atom. The van der Waals surface area contributed by atoms with Crippen LogP contribution >= 0.6 is 0 Å². The van der Waals surface area contributed by atoms with Crippen molar-refractivity contribution < 1.29 is 9.52 Å². The van der Waals surface area contributed by atoms with Crippen molar-refractivity contribution in [3.05, 3.63) is 17.8 Å². The Morgan fingerprint density at radius 1 is 1.60 bits per heavy atom. The summed E-state index contributed by atoms with van der Waals surface area (Å²) in [5.41, 5.74) is -0.736. The molecule has 0 radical (unpaired) electrons. The minimum absolute atomic E-state index is 0.00511. The van der Waals surface area contributed by atoms with E-state index < -0.39 is 5.60 Å². The van der Waals surface area contributed by atoms with Crippen molar-refractivity contribution in [2.75, 3.05) is 0 Å². The van der Waals surface area contributed by atoms with Crippen molar-refractivity contribution in [2.24, 2.45) is 0 Å². The van der Waals surface area contributed by atoms with Gasteiger partial charge in [0.05, 0.1) is 18.3 Å². The molecule has 4 nitrogen and oxygen atoms in total. The Labute approximate surface area is 90.7 Å². The van der Waals surface area contributed by atoms with Crippen LogP contribution < -0.4 is 5.32 Å².